The largest absolute Gasteiger partial charge is 0.493 e. The fourth-order valence-electron chi connectivity index (χ4n) is 4.31. The van der Waals surface area contributed by atoms with Crippen LogP contribution in [0.2, 0.25) is 0 Å². The van der Waals surface area contributed by atoms with Gasteiger partial charge in [0.05, 0.1) is 25.2 Å². The Hall–Kier alpha value is -3.59. The van der Waals surface area contributed by atoms with Crippen molar-refractivity contribution < 1.29 is 24.2 Å². The number of benzene rings is 1. The molecule has 0 unspecified atom stereocenters. The molecule has 0 amide bonds. The lowest BCUT2D eigenvalue weighted by Crippen LogP contribution is -2.33. The number of carbonyl (C=O) groups is 2. The molecule has 0 saturated heterocycles. The van der Waals surface area contributed by atoms with E-state index >= 15 is 0 Å². The predicted molar refractivity (Wildman–Crippen MR) is 133 cm³/mol. The predicted octanol–water partition coefficient (Wildman–Crippen LogP) is 4.84. The van der Waals surface area contributed by atoms with Gasteiger partial charge in [-0.05, 0) is 61.6 Å². The summed E-state index contributed by atoms with van der Waals surface area (Å²) >= 11 is 0. The smallest absolute Gasteiger partial charge is 0.303 e. The van der Waals surface area contributed by atoms with Crippen LogP contribution in [0.15, 0.2) is 28.6 Å². The first-order valence-corrected chi connectivity index (χ1v) is 11.3. The van der Waals surface area contributed by atoms with Gasteiger partial charge >= 0.3 is 5.97 Å². The molecule has 0 heterocycles. The Labute approximate surface area is 199 Å². The minimum absolute atomic E-state index is 0.0318. The minimum Gasteiger partial charge on any atom is -0.493 e. The van der Waals surface area contributed by atoms with Gasteiger partial charge in [0, 0.05) is 29.2 Å². The average Bonchev–Trinajstić information content (AvgIpc) is 2.91. The molecule has 1 aliphatic carbocycles. The van der Waals surface area contributed by atoms with E-state index in [-0.39, 0.29) is 23.6 Å². The van der Waals surface area contributed by atoms with Gasteiger partial charge in [-0.3, -0.25) is 14.4 Å². The molecule has 2 aromatic rings. The lowest BCUT2D eigenvalue weighted by atomic mass is 9.72. The molecule has 6 nitrogen and oxygen atoms in total. The molecular formula is C28H30O6. The number of carboxylic acids is 1. The van der Waals surface area contributed by atoms with Crippen LogP contribution >= 0.6 is 0 Å². The number of Topliss-reactive ketones (excluding diaryl/α,β-unsaturated/α-hetero) is 1. The van der Waals surface area contributed by atoms with E-state index in [9.17, 15) is 14.4 Å². The maximum absolute atomic E-state index is 13.4. The van der Waals surface area contributed by atoms with E-state index in [0.29, 0.717) is 51.8 Å². The first-order chi connectivity index (χ1) is 16.0. The van der Waals surface area contributed by atoms with E-state index in [4.69, 9.17) is 14.6 Å². The second-order valence-electron chi connectivity index (χ2n) is 9.23. The average molecular weight is 463 g/mol. The van der Waals surface area contributed by atoms with Gasteiger partial charge in [-0.1, -0.05) is 25.7 Å². The number of carboxylic acid groups (broad SMARTS) is 1. The normalized spacial score (nSPS) is 14.2. The number of ketones is 1. The Morgan fingerprint density at radius 1 is 1.06 bits per heavy atom. The standard InChI is InChI=1S/C28H30O6/c1-16(2)19-14-20-21(26(34-6)25(19)33-5)13-18-12-17(10-8-7-9-11-24(30)31)27(32)28(3,4)22(18)15-23(20)29/h12-16H,7,9,11H2,1-6H3,(H,30,31). The van der Waals surface area contributed by atoms with Gasteiger partial charge in [0.2, 0.25) is 0 Å². The zero-order valence-corrected chi connectivity index (χ0v) is 20.5. The Balaban J connectivity index is 2.30. The molecular weight excluding hydrogens is 432 g/mol. The van der Waals surface area contributed by atoms with Crippen molar-refractivity contribution in [2.75, 3.05) is 14.2 Å². The van der Waals surface area contributed by atoms with Gasteiger partial charge < -0.3 is 14.6 Å². The molecule has 0 aromatic heterocycles. The second-order valence-corrected chi connectivity index (χ2v) is 9.23. The highest BCUT2D eigenvalue weighted by Gasteiger charge is 2.37. The van der Waals surface area contributed by atoms with Crippen molar-refractivity contribution in [1.29, 1.82) is 0 Å². The number of hydrogen-bond acceptors (Lipinski definition) is 5. The summed E-state index contributed by atoms with van der Waals surface area (Å²) in [6, 6.07) is 5.24. The first kappa shape index (κ1) is 25.0. The van der Waals surface area contributed by atoms with E-state index in [1.54, 1.807) is 40.2 Å². The van der Waals surface area contributed by atoms with E-state index in [1.165, 1.54) is 0 Å². The zero-order chi connectivity index (χ0) is 25.2. The quantitative estimate of drug-likeness (QED) is 0.488. The van der Waals surface area contributed by atoms with Crippen molar-refractivity contribution in [3.63, 3.8) is 0 Å². The van der Waals surface area contributed by atoms with E-state index in [2.05, 4.69) is 11.8 Å². The third-order valence-electron chi connectivity index (χ3n) is 6.19. The maximum atomic E-state index is 13.4. The van der Waals surface area contributed by atoms with Crippen LogP contribution in [0.4, 0.5) is 0 Å². The Morgan fingerprint density at radius 2 is 1.74 bits per heavy atom. The summed E-state index contributed by atoms with van der Waals surface area (Å²) in [5, 5.41) is 9.88. The van der Waals surface area contributed by atoms with Crippen LogP contribution in [0, 0.1) is 11.8 Å². The summed E-state index contributed by atoms with van der Waals surface area (Å²) in [5.74, 6) is 5.96. The third-order valence-corrected chi connectivity index (χ3v) is 6.19. The highest BCUT2D eigenvalue weighted by atomic mass is 16.5. The molecule has 1 N–H and O–H groups in total. The van der Waals surface area contributed by atoms with Crippen molar-refractivity contribution in [3.8, 4) is 23.3 Å². The van der Waals surface area contributed by atoms with Crippen LogP contribution in [-0.4, -0.2) is 31.1 Å². The Bertz CT molecular complexity index is 1320. The topological polar surface area (TPSA) is 89.9 Å². The van der Waals surface area contributed by atoms with Crippen LogP contribution in [0.3, 0.4) is 0 Å². The highest BCUT2D eigenvalue weighted by molar-refractivity contribution is 6.13. The molecule has 0 radical (unpaired) electrons. The van der Waals surface area contributed by atoms with Crippen molar-refractivity contribution >= 4 is 28.6 Å². The number of carbonyl (C=O) groups excluding carboxylic acids is 1. The van der Waals surface area contributed by atoms with Crippen LogP contribution in [0.25, 0.3) is 16.8 Å². The summed E-state index contributed by atoms with van der Waals surface area (Å²) in [5.41, 5.74) is 1.39. The molecule has 0 spiro atoms. The van der Waals surface area contributed by atoms with Crippen LogP contribution in [-0.2, 0) is 15.0 Å². The van der Waals surface area contributed by atoms with Gasteiger partial charge in [0.25, 0.3) is 0 Å². The van der Waals surface area contributed by atoms with Gasteiger partial charge in [0.15, 0.2) is 22.7 Å². The molecule has 0 aliphatic heterocycles. The zero-order valence-electron chi connectivity index (χ0n) is 20.5. The molecule has 0 atom stereocenters. The summed E-state index contributed by atoms with van der Waals surface area (Å²) in [4.78, 5) is 37.3. The van der Waals surface area contributed by atoms with Crippen molar-refractivity contribution in [2.24, 2.45) is 0 Å². The molecule has 0 bridgehead atoms. The molecule has 2 aromatic carbocycles. The first-order valence-electron chi connectivity index (χ1n) is 11.3. The Kier molecular flexibility index (Phi) is 7.16. The number of allylic oxidation sites excluding steroid dienone is 1. The fourth-order valence-corrected chi connectivity index (χ4v) is 4.31. The lowest BCUT2D eigenvalue weighted by molar-refractivity contribution is -0.137. The van der Waals surface area contributed by atoms with Crippen LogP contribution in [0.1, 0.15) is 69.6 Å². The molecule has 178 valence electrons. The Morgan fingerprint density at radius 3 is 2.32 bits per heavy atom. The molecule has 3 rings (SSSR count). The van der Waals surface area contributed by atoms with Gasteiger partial charge in [-0.2, -0.15) is 0 Å². The summed E-state index contributed by atoms with van der Waals surface area (Å²) in [7, 11) is 3.12. The number of aliphatic carboxylic acids is 1. The second kappa shape index (κ2) is 9.72. The SMILES string of the molecule is COc1c(C(C)C)cc2c(=O)cc3c(cc2c1OC)C=C(C#CCCCC(=O)O)C(=O)C3(C)C. The molecule has 1 aliphatic rings. The van der Waals surface area contributed by atoms with Gasteiger partial charge in [-0.15, -0.1) is 0 Å². The fraction of sp³-hybridized carbons (Fsp3) is 0.393. The molecule has 0 saturated carbocycles. The van der Waals surface area contributed by atoms with Crippen molar-refractivity contribution in [3.05, 3.63) is 50.7 Å². The maximum Gasteiger partial charge on any atom is 0.303 e. The molecule has 34 heavy (non-hydrogen) atoms. The van der Waals surface area contributed by atoms with Gasteiger partial charge in [0.1, 0.15) is 0 Å². The van der Waals surface area contributed by atoms with Crippen LogP contribution in [0.5, 0.6) is 11.5 Å². The summed E-state index contributed by atoms with van der Waals surface area (Å²) in [6.45, 7) is 7.62. The monoisotopic (exact) mass is 462 g/mol. The summed E-state index contributed by atoms with van der Waals surface area (Å²) < 4.78 is 11.4. The van der Waals surface area contributed by atoms with Crippen molar-refractivity contribution in [2.45, 2.75) is 58.3 Å². The number of methoxy groups -OCH3 is 2. The van der Waals surface area contributed by atoms with Crippen LogP contribution < -0.4 is 14.9 Å². The van der Waals surface area contributed by atoms with Crippen molar-refractivity contribution in [1.82, 2.24) is 0 Å². The number of unbranched alkanes of at least 4 members (excludes halogenated alkanes) is 1. The third kappa shape index (κ3) is 4.56. The molecule has 6 heteroatoms. The number of rotatable bonds is 6. The lowest BCUT2D eigenvalue weighted by Gasteiger charge is -2.28. The summed E-state index contributed by atoms with van der Waals surface area (Å²) in [6.07, 6.45) is 2.53. The van der Waals surface area contributed by atoms with E-state index in [1.807, 2.05) is 26.0 Å². The highest BCUT2D eigenvalue weighted by Crippen LogP contribution is 2.43. The van der Waals surface area contributed by atoms with E-state index in [0.717, 1.165) is 5.56 Å². The van der Waals surface area contributed by atoms with E-state index < -0.39 is 11.4 Å². The molecule has 0 fully saturated rings. The minimum atomic E-state index is -0.957. The number of fused-ring (bicyclic) bond motifs is 2. The van der Waals surface area contributed by atoms with Gasteiger partial charge in [-0.25, -0.2) is 0 Å². The number of hydrogen-bond donors (Lipinski definition) is 1. The number of ether oxygens (including phenoxy) is 2.